The van der Waals surface area contributed by atoms with Crippen LogP contribution in [0, 0.1) is 6.92 Å². The van der Waals surface area contributed by atoms with Gasteiger partial charge in [0, 0.05) is 22.1 Å². The molecule has 0 aliphatic heterocycles. The Balaban J connectivity index is 1.98. The number of carbonyl (C=O) groups excluding carboxylic acids is 1. The Kier molecular flexibility index (Phi) is 5.22. The van der Waals surface area contributed by atoms with Gasteiger partial charge in [-0.15, -0.1) is 0 Å². The van der Waals surface area contributed by atoms with Crippen molar-refractivity contribution < 1.29 is 4.79 Å². The van der Waals surface area contributed by atoms with Crippen LogP contribution in [0.2, 0.25) is 0 Å². The number of nitrogens with one attached hydrogen (secondary N) is 2. The lowest BCUT2D eigenvalue weighted by atomic mass is 9.79. The molecule has 4 heteroatoms. The van der Waals surface area contributed by atoms with Gasteiger partial charge in [0.05, 0.1) is 0 Å². The molecule has 0 saturated heterocycles. The molecule has 0 spiro atoms. The quantitative estimate of drug-likeness (QED) is 0.870. The largest absolute Gasteiger partial charge is 0.326 e. The van der Waals surface area contributed by atoms with Crippen LogP contribution in [0.4, 0.5) is 5.69 Å². The first-order chi connectivity index (χ1) is 9.54. The monoisotopic (exact) mass is 338 g/mol. The van der Waals surface area contributed by atoms with Gasteiger partial charge in [-0.1, -0.05) is 41.3 Å². The Bertz CT molecular complexity index is 481. The summed E-state index contributed by atoms with van der Waals surface area (Å²) < 4.78 is 1.02. The maximum atomic E-state index is 12.3. The van der Waals surface area contributed by atoms with E-state index < -0.39 is 0 Å². The van der Waals surface area contributed by atoms with E-state index in [1.165, 1.54) is 24.8 Å². The van der Waals surface area contributed by atoms with Gasteiger partial charge in [-0.2, -0.15) is 0 Å². The van der Waals surface area contributed by atoms with E-state index in [4.69, 9.17) is 0 Å². The lowest BCUT2D eigenvalue weighted by Crippen LogP contribution is -2.47. The van der Waals surface area contributed by atoms with Crippen LogP contribution in [-0.4, -0.2) is 18.5 Å². The highest BCUT2D eigenvalue weighted by Crippen LogP contribution is 2.31. The second-order valence-corrected chi connectivity index (χ2v) is 6.63. The van der Waals surface area contributed by atoms with Gasteiger partial charge in [0.15, 0.2) is 0 Å². The summed E-state index contributed by atoms with van der Waals surface area (Å²) in [6.07, 6.45) is 6.45. The summed E-state index contributed by atoms with van der Waals surface area (Å²) in [6.45, 7) is 2.04. The van der Waals surface area contributed by atoms with Gasteiger partial charge in [-0.3, -0.25) is 4.79 Å². The molecule has 0 aromatic heterocycles. The van der Waals surface area contributed by atoms with E-state index in [0.717, 1.165) is 23.0 Å². The minimum absolute atomic E-state index is 0.00966. The fourth-order valence-corrected chi connectivity index (χ4v) is 3.31. The molecule has 1 aromatic rings. The van der Waals surface area contributed by atoms with Crippen molar-refractivity contribution in [1.82, 2.24) is 5.32 Å². The van der Waals surface area contributed by atoms with E-state index in [1.807, 2.05) is 32.2 Å². The van der Waals surface area contributed by atoms with Crippen LogP contribution < -0.4 is 10.6 Å². The number of benzene rings is 1. The molecule has 3 nitrogen and oxygen atoms in total. The van der Waals surface area contributed by atoms with Gasteiger partial charge >= 0.3 is 0 Å². The summed E-state index contributed by atoms with van der Waals surface area (Å²) in [7, 11) is 1.97. The minimum atomic E-state index is -0.00966. The van der Waals surface area contributed by atoms with Gasteiger partial charge in [0.1, 0.15) is 0 Å². The first kappa shape index (κ1) is 15.5. The average molecular weight is 339 g/mol. The minimum Gasteiger partial charge on any atom is -0.326 e. The van der Waals surface area contributed by atoms with Crippen LogP contribution in [0.3, 0.4) is 0 Å². The third-order valence-corrected chi connectivity index (χ3v) is 5.15. The van der Waals surface area contributed by atoms with E-state index in [2.05, 4.69) is 26.6 Å². The lowest BCUT2D eigenvalue weighted by molar-refractivity contribution is -0.117. The maximum Gasteiger partial charge on any atom is 0.226 e. The molecule has 1 saturated carbocycles. The third-order valence-electron chi connectivity index (χ3n) is 4.30. The van der Waals surface area contributed by atoms with Crippen LogP contribution >= 0.6 is 15.9 Å². The van der Waals surface area contributed by atoms with E-state index >= 15 is 0 Å². The van der Waals surface area contributed by atoms with Crippen molar-refractivity contribution in [2.24, 2.45) is 0 Å². The molecule has 0 heterocycles. The van der Waals surface area contributed by atoms with Crippen molar-refractivity contribution in [2.75, 3.05) is 12.4 Å². The van der Waals surface area contributed by atoms with E-state index in [1.54, 1.807) is 0 Å². The molecule has 0 radical (unpaired) electrons. The standard InChI is InChI=1S/C16H23BrN2O/c1-12-6-7-13(10-14(12)17)19-15(20)11-16(18-2)8-4-3-5-9-16/h6-7,10,18H,3-5,8-9,11H2,1-2H3,(H,19,20). The van der Waals surface area contributed by atoms with Crippen LogP contribution in [0.1, 0.15) is 44.1 Å². The Morgan fingerprint density at radius 3 is 2.60 bits per heavy atom. The van der Waals surface area contributed by atoms with Crippen LogP contribution in [0.25, 0.3) is 0 Å². The van der Waals surface area contributed by atoms with Gasteiger partial charge in [0.2, 0.25) is 5.91 Å². The summed E-state index contributed by atoms with van der Waals surface area (Å²) in [5, 5.41) is 6.39. The Morgan fingerprint density at radius 1 is 1.30 bits per heavy atom. The number of hydrogen-bond donors (Lipinski definition) is 2. The van der Waals surface area contributed by atoms with E-state index in [9.17, 15) is 4.79 Å². The zero-order chi connectivity index (χ0) is 14.6. The van der Waals surface area contributed by atoms with Gasteiger partial charge in [-0.25, -0.2) is 0 Å². The SMILES string of the molecule is CNC1(CC(=O)Nc2ccc(C)c(Br)c2)CCCCC1. The predicted molar refractivity (Wildman–Crippen MR) is 87.0 cm³/mol. The first-order valence-corrected chi connectivity index (χ1v) is 8.09. The summed E-state index contributed by atoms with van der Waals surface area (Å²) in [5.41, 5.74) is 2.01. The molecule has 1 aliphatic carbocycles. The summed E-state index contributed by atoms with van der Waals surface area (Å²) in [4.78, 5) is 12.3. The highest BCUT2D eigenvalue weighted by Gasteiger charge is 2.32. The summed E-state index contributed by atoms with van der Waals surface area (Å²) in [6, 6.07) is 5.92. The van der Waals surface area contributed by atoms with Crippen molar-refractivity contribution in [3.05, 3.63) is 28.2 Å². The van der Waals surface area contributed by atoms with Gasteiger partial charge in [0.25, 0.3) is 0 Å². The topological polar surface area (TPSA) is 41.1 Å². The number of carbonyl (C=O) groups is 1. The predicted octanol–water partition coefficient (Wildman–Crippen LogP) is 4.01. The lowest BCUT2D eigenvalue weighted by Gasteiger charge is -2.36. The zero-order valence-electron chi connectivity index (χ0n) is 12.3. The van der Waals surface area contributed by atoms with Crippen molar-refractivity contribution in [1.29, 1.82) is 0 Å². The highest BCUT2D eigenvalue weighted by atomic mass is 79.9. The third kappa shape index (κ3) is 3.83. The van der Waals surface area contributed by atoms with Crippen LogP contribution in [0.15, 0.2) is 22.7 Å². The molecular formula is C16H23BrN2O. The van der Waals surface area contributed by atoms with Crippen LogP contribution in [0.5, 0.6) is 0 Å². The normalized spacial score (nSPS) is 17.8. The number of aryl methyl sites for hydroxylation is 1. The number of amides is 1. The summed E-state index contributed by atoms with van der Waals surface area (Å²) in [5.74, 6) is 0.0944. The number of rotatable bonds is 4. The van der Waals surface area contributed by atoms with Crippen LogP contribution in [-0.2, 0) is 4.79 Å². The van der Waals surface area contributed by atoms with Crippen molar-refractivity contribution >= 4 is 27.5 Å². The van der Waals surface area contributed by atoms with Gasteiger partial charge < -0.3 is 10.6 Å². The number of anilines is 1. The zero-order valence-corrected chi connectivity index (χ0v) is 13.8. The molecule has 1 aliphatic rings. The van der Waals surface area contributed by atoms with Crippen molar-refractivity contribution in [3.63, 3.8) is 0 Å². The molecule has 2 rings (SSSR count). The average Bonchev–Trinajstić information content (AvgIpc) is 2.44. The molecule has 1 fully saturated rings. The fourth-order valence-electron chi connectivity index (χ4n) is 2.93. The molecule has 0 bridgehead atoms. The molecule has 20 heavy (non-hydrogen) atoms. The van der Waals surface area contributed by atoms with E-state index in [-0.39, 0.29) is 11.4 Å². The van der Waals surface area contributed by atoms with Gasteiger partial charge in [-0.05, 0) is 44.5 Å². The number of hydrogen-bond acceptors (Lipinski definition) is 2. The fraction of sp³-hybridized carbons (Fsp3) is 0.562. The van der Waals surface area contributed by atoms with Crippen molar-refractivity contribution in [2.45, 2.75) is 51.0 Å². The molecular weight excluding hydrogens is 316 g/mol. The molecule has 0 atom stereocenters. The van der Waals surface area contributed by atoms with Crippen molar-refractivity contribution in [3.8, 4) is 0 Å². The maximum absolute atomic E-state index is 12.3. The second kappa shape index (κ2) is 6.72. The Morgan fingerprint density at radius 2 is 2.00 bits per heavy atom. The molecule has 1 amide bonds. The first-order valence-electron chi connectivity index (χ1n) is 7.30. The highest BCUT2D eigenvalue weighted by molar-refractivity contribution is 9.10. The molecule has 1 aromatic carbocycles. The van der Waals surface area contributed by atoms with E-state index in [0.29, 0.717) is 6.42 Å². The second-order valence-electron chi connectivity index (χ2n) is 5.78. The summed E-state index contributed by atoms with van der Waals surface area (Å²) >= 11 is 3.50. The Hall–Kier alpha value is -0.870. The number of halogens is 1. The smallest absolute Gasteiger partial charge is 0.226 e. The molecule has 0 unspecified atom stereocenters. The Labute approximate surface area is 129 Å². The molecule has 110 valence electrons. The molecule has 2 N–H and O–H groups in total.